The van der Waals surface area contributed by atoms with Gasteiger partial charge in [0.2, 0.25) is 5.91 Å². The SMILES string of the molecule is COC(=O)CCN(CC1CCCO1)C(=O)C(C)(C)C. The highest BCUT2D eigenvalue weighted by atomic mass is 16.5. The molecule has 0 bridgehead atoms. The molecule has 0 aromatic carbocycles. The lowest BCUT2D eigenvalue weighted by Gasteiger charge is -2.31. The molecule has 0 aromatic rings. The first-order valence-corrected chi connectivity index (χ1v) is 6.82. The van der Waals surface area contributed by atoms with E-state index in [4.69, 9.17) is 4.74 Å². The number of rotatable bonds is 5. The number of carbonyl (C=O) groups is 2. The van der Waals surface area contributed by atoms with E-state index in [2.05, 4.69) is 4.74 Å². The van der Waals surface area contributed by atoms with E-state index in [9.17, 15) is 9.59 Å². The van der Waals surface area contributed by atoms with Crippen LogP contribution in [0.3, 0.4) is 0 Å². The molecule has 1 aliphatic heterocycles. The molecule has 5 nitrogen and oxygen atoms in total. The molecule has 1 saturated heterocycles. The first-order valence-electron chi connectivity index (χ1n) is 6.82. The van der Waals surface area contributed by atoms with Gasteiger partial charge in [-0.3, -0.25) is 9.59 Å². The molecular formula is C14H25NO4. The molecule has 0 aliphatic carbocycles. The number of esters is 1. The fourth-order valence-corrected chi connectivity index (χ4v) is 2.11. The van der Waals surface area contributed by atoms with Gasteiger partial charge in [0.1, 0.15) is 0 Å². The zero-order valence-corrected chi connectivity index (χ0v) is 12.4. The second-order valence-corrected chi connectivity index (χ2v) is 5.96. The maximum atomic E-state index is 12.4. The summed E-state index contributed by atoms with van der Waals surface area (Å²) >= 11 is 0. The van der Waals surface area contributed by atoms with Gasteiger partial charge >= 0.3 is 5.97 Å². The molecule has 110 valence electrons. The van der Waals surface area contributed by atoms with Crippen molar-refractivity contribution < 1.29 is 19.1 Å². The zero-order chi connectivity index (χ0) is 14.5. The van der Waals surface area contributed by atoms with Crippen molar-refractivity contribution in [2.75, 3.05) is 26.8 Å². The lowest BCUT2D eigenvalue weighted by molar-refractivity contribution is -0.144. The maximum absolute atomic E-state index is 12.4. The third kappa shape index (κ3) is 5.19. The summed E-state index contributed by atoms with van der Waals surface area (Å²) in [5.41, 5.74) is -0.450. The Hall–Kier alpha value is -1.10. The van der Waals surface area contributed by atoms with E-state index in [1.54, 1.807) is 4.90 Å². The maximum Gasteiger partial charge on any atom is 0.307 e. The van der Waals surface area contributed by atoms with Crippen LogP contribution in [0.15, 0.2) is 0 Å². The third-order valence-corrected chi connectivity index (χ3v) is 3.19. The second kappa shape index (κ2) is 6.89. The smallest absolute Gasteiger partial charge is 0.307 e. The van der Waals surface area contributed by atoms with Gasteiger partial charge in [-0.25, -0.2) is 0 Å². The molecule has 0 radical (unpaired) electrons. The van der Waals surface area contributed by atoms with Crippen LogP contribution in [0.5, 0.6) is 0 Å². The quantitative estimate of drug-likeness (QED) is 0.713. The molecule has 1 amide bonds. The number of ether oxygens (including phenoxy) is 2. The van der Waals surface area contributed by atoms with Crippen molar-refractivity contribution in [2.24, 2.45) is 5.41 Å². The molecule has 19 heavy (non-hydrogen) atoms. The predicted octanol–water partition coefficient (Wildman–Crippen LogP) is 1.60. The Balaban J connectivity index is 2.60. The molecule has 0 saturated carbocycles. The van der Waals surface area contributed by atoms with Gasteiger partial charge in [0.15, 0.2) is 0 Å². The molecule has 5 heteroatoms. The van der Waals surface area contributed by atoms with E-state index in [-0.39, 0.29) is 24.4 Å². The Kier molecular flexibility index (Phi) is 5.79. The Bertz CT molecular complexity index is 316. The molecule has 0 N–H and O–H groups in total. The van der Waals surface area contributed by atoms with Gasteiger partial charge in [-0.2, -0.15) is 0 Å². The highest BCUT2D eigenvalue weighted by Gasteiger charge is 2.30. The number of nitrogens with zero attached hydrogens (tertiary/aromatic N) is 1. The highest BCUT2D eigenvalue weighted by molar-refractivity contribution is 5.82. The van der Waals surface area contributed by atoms with Crippen LogP contribution < -0.4 is 0 Å². The van der Waals surface area contributed by atoms with Crippen molar-refractivity contribution in [3.63, 3.8) is 0 Å². The third-order valence-electron chi connectivity index (χ3n) is 3.19. The van der Waals surface area contributed by atoms with Gasteiger partial charge in [0.25, 0.3) is 0 Å². The van der Waals surface area contributed by atoms with Crippen LogP contribution in [-0.2, 0) is 19.1 Å². The van der Waals surface area contributed by atoms with E-state index in [0.717, 1.165) is 19.4 Å². The van der Waals surface area contributed by atoms with Crippen LogP contribution >= 0.6 is 0 Å². The summed E-state index contributed by atoms with van der Waals surface area (Å²) in [7, 11) is 1.36. The standard InChI is InChI=1S/C14H25NO4/c1-14(2,3)13(17)15(8-7-12(16)18-4)10-11-6-5-9-19-11/h11H,5-10H2,1-4H3. The van der Waals surface area contributed by atoms with E-state index in [0.29, 0.717) is 13.1 Å². The second-order valence-electron chi connectivity index (χ2n) is 5.96. The number of amides is 1. The van der Waals surface area contributed by atoms with E-state index < -0.39 is 5.41 Å². The first kappa shape index (κ1) is 16.0. The van der Waals surface area contributed by atoms with Gasteiger partial charge in [-0.1, -0.05) is 20.8 Å². The zero-order valence-electron chi connectivity index (χ0n) is 12.4. The van der Waals surface area contributed by atoms with Gasteiger partial charge in [-0.15, -0.1) is 0 Å². The summed E-state index contributed by atoms with van der Waals surface area (Å²) in [6.07, 6.45) is 2.35. The summed E-state index contributed by atoms with van der Waals surface area (Å²) in [5, 5.41) is 0. The van der Waals surface area contributed by atoms with Crippen molar-refractivity contribution in [3.8, 4) is 0 Å². The Morgan fingerprint density at radius 3 is 2.53 bits per heavy atom. The van der Waals surface area contributed by atoms with E-state index in [1.165, 1.54) is 7.11 Å². The minimum atomic E-state index is -0.450. The average Bonchev–Trinajstić information content (AvgIpc) is 2.84. The molecule has 1 heterocycles. The van der Waals surface area contributed by atoms with Crippen LogP contribution in [0.4, 0.5) is 0 Å². The lowest BCUT2D eigenvalue weighted by Crippen LogP contribution is -2.44. The van der Waals surface area contributed by atoms with Crippen molar-refractivity contribution in [3.05, 3.63) is 0 Å². The minimum absolute atomic E-state index is 0.0481. The van der Waals surface area contributed by atoms with Crippen molar-refractivity contribution in [2.45, 2.75) is 46.1 Å². The number of carbonyl (C=O) groups excluding carboxylic acids is 2. The number of methoxy groups -OCH3 is 1. The summed E-state index contributed by atoms with van der Waals surface area (Å²) in [4.78, 5) is 25.3. The van der Waals surface area contributed by atoms with E-state index in [1.807, 2.05) is 20.8 Å². The Labute approximate surface area is 115 Å². The summed E-state index contributed by atoms with van der Waals surface area (Å²) in [6, 6.07) is 0. The molecule has 0 spiro atoms. The largest absolute Gasteiger partial charge is 0.469 e. The van der Waals surface area contributed by atoms with Gasteiger partial charge in [0.05, 0.1) is 19.6 Å². The molecule has 1 fully saturated rings. The summed E-state index contributed by atoms with van der Waals surface area (Å²) in [5.74, 6) is -0.244. The average molecular weight is 271 g/mol. The van der Waals surface area contributed by atoms with Gasteiger partial charge in [-0.05, 0) is 12.8 Å². The van der Waals surface area contributed by atoms with Crippen molar-refractivity contribution in [1.29, 1.82) is 0 Å². The highest BCUT2D eigenvalue weighted by Crippen LogP contribution is 2.20. The summed E-state index contributed by atoms with van der Waals surface area (Å²) < 4.78 is 10.2. The molecule has 0 aromatic heterocycles. The van der Waals surface area contributed by atoms with Crippen LogP contribution in [0.1, 0.15) is 40.0 Å². The number of hydrogen-bond acceptors (Lipinski definition) is 4. The normalized spacial score (nSPS) is 19.3. The van der Waals surface area contributed by atoms with Crippen molar-refractivity contribution in [1.82, 2.24) is 4.90 Å². The van der Waals surface area contributed by atoms with Crippen molar-refractivity contribution >= 4 is 11.9 Å². The summed E-state index contributed by atoms with van der Waals surface area (Å²) in [6.45, 7) is 7.37. The monoisotopic (exact) mass is 271 g/mol. The molecule has 1 aliphatic rings. The molecule has 1 atom stereocenters. The van der Waals surface area contributed by atoms with Gasteiger partial charge in [0, 0.05) is 25.1 Å². The fourth-order valence-electron chi connectivity index (χ4n) is 2.11. The lowest BCUT2D eigenvalue weighted by atomic mass is 9.94. The van der Waals surface area contributed by atoms with Crippen LogP contribution in [-0.4, -0.2) is 49.7 Å². The molecule has 1 unspecified atom stereocenters. The van der Waals surface area contributed by atoms with E-state index >= 15 is 0 Å². The van der Waals surface area contributed by atoms with Gasteiger partial charge < -0.3 is 14.4 Å². The van der Waals surface area contributed by atoms with Crippen LogP contribution in [0.2, 0.25) is 0 Å². The van der Waals surface area contributed by atoms with Crippen LogP contribution in [0, 0.1) is 5.41 Å². The first-order chi connectivity index (χ1) is 8.84. The minimum Gasteiger partial charge on any atom is -0.469 e. The molecular weight excluding hydrogens is 246 g/mol. The predicted molar refractivity (Wildman–Crippen MR) is 71.6 cm³/mol. The number of hydrogen-bond donors (Lipinski definition) is 0. The molecule has 1 rings (SSSR count). The fraction of sp³-hybridized carbons (Fsp3) is 0.857. The Morgan fingerprint density at radius 1 is 1.37 bits per heavy atom. The topological polar surface area (TPSA) is 55.8 Å². The van der Waals surface area contributed by atoms with Crippen LogP contribution in [0.25, 0.3) is 0 Å². The Morgan fingerprint density at radius 2 is 2.05 bits per heavy atom.